The fraction of sp³-hybridized carbons (Fsp3) is 0.391. The van der Waals surface area contributed by atoms with Crippen molar-refractivity contribution in [2.45, 2.75) is 19.8 Å². The topological polar surface area (TPSA) is 59.1 Å². The Kier molecular flexibility index (Phi) is 6.75. The molecule has 3 rings (SSSR count). The average molecular weight is 396 g/mol. The maximum Gasteiger partial charge on any atom is 0.253 e. The summed E-state index contributed by atoms with van der Waals surface area (Å²) in [5.41, 5.74) is 2.71. The van der Waals surface area contributed by atoms with Gasteiger partial charge in [0.05, 0.1) is 20.6 Å². The molecule has 1 aliphatic heterocycles. The predicted molar refractivity (Wildman–Crippen MR) is 112 cm³/mol. The zero-order valence-corrected chi connectivity index (χ0v) is 17.3. The first-order valence-corrected chi connectivity index (χ1v) is 9.92. The van der Waals surface area contributed by atoms with Crippen molar-refractivity contribution in [3.05, 3.63) is 59.2 Å². The molecule has 2 aromatic carbocycles. The number of carbonyl (C=O) groups is 2. The fourth-order valence-corrected chi connectivity index (χ4v) is 3.52. The fourth-order valence-electron chi connectivity index (χ4n) is 3.52. The van der Waals surface area contributed by atoms with Crippen LogP contribution < -0.4 is 9.47 Å². The molecular formula is C23H28N2O4. The van der Waals surface area contributed by atoms with Crippen LogP contribution in [0.15, 0.2) is 42.5 Å². The molecule has 6 nitrogen and oxygen atoms in total. The minimum atomic E-state index is 0.0224. The van der Waals surface area contributed by atoms with Gasteiger partial charge in [0.1, 0.15) is 11.5 Å². The Morgan fingerprint density at radius 3 is 2.14 bits per heavy atom. The van der Waals surface area contributed by atoms with E-state index in [4.69, 9.17) is 9.47 Å². The van der Waals surface area contributed by atoms with Crippen LogP contribution in [0.4, 0.5) is 0 Å². The highest BCUT2D eigenvalue weighted by Gasteiger charge is 2.25. The van der Waals surface area contributed by atoms with E-state index in [0.717, 1.165) is 12.0 Å². The molecule has 2 amide bonds. The minimum Gasteiger partial charge on any atom is -0.497 e. The Bertz CT molecular complexity index is 856. The molecule has 0 atom stereocenters. The summed E-state index contributed by atoms with van der Waals surface area (Å²) in [4.78, 5) is 29.1. The van der Waals surface area contributed by atoms with E-state index in [-0.39, 0.29) is 18.2 Å². The lowest BCUT2D eigenvalue weighted by Gasteiger charge is -2.35. The quantitative estimate of drug-likeness (QED) is 0.753. The van der Waals surface area contributed by atoms with Gasteiger partial charge in [-0.15, -0.1) is 0 Å². The number of piperazine rings is 1. The first-order valence-electron chi connectivity index (χ1n) is 9.92. The molecule has 154 valence electrons. The van der Waals surface area contributed by atoms with Gasteiger partial charge in [0.15, 0.2) is 0 Å². The Balaban J connectivity index is 1.58. The average Bonchev–Trinajstić information content (AvgIpc) is 2.78. The highest BCUT2D eigenvalue weighted by atomic mass is 16.5. The third kappa shape index (κ3) is 4.88. The van der Waals surface area contributed by atoms with E-state index < -0.39 is 0 Å². The normalized spacial score (nSPS) is 13.9. The SMILES string of the molecule is CCc1ccc(C(=O)N2CCN(C(=O)Cc3cc(OC)ccc3OC)CC2)cc1. The van der Waals surface area contributed by atoms with Crippen LogP contribution in [0.25, 0.3) is 0 Å². The highest BCUT2D eigenvalue weighted by molar-refractivity contribution is 5.94. The van der Waals surface area contributed by atoms with Crippen molar-refractivity contribution in [1.29, 1.82) is 0 Å². The number of nitrogens with zero attached hydrogens (tertiary/aromatic N) is 2. The molecule has 0 aliphatic carbocycles. The molecule has 29 heavy (non-hydrogen) atoms. The summed E-state index contributed by atoms with van der Waals surface area (Å²) in [6, 6.07) is 13.2. The molecule has 1 aliphatic rings. The lowest BCUT2D eigenvalue weighted by molar-refractivity contribution is -0.131. The lowest BCUT2D eigenvalue weighted by Crippen LogP contribution is -2.51. The number of ether oxygens (including phenoxy) is 2. The van der Waals surface area contributed by atoms with Crippen molar-refractivity contribution in [2.75, 3.05) is 40.4 Å². The van der Waals surface area contributed by atoms with E-state index in [1.165, 1.54) is 5.56 Å². The number of aryl methyl sites for hydroxylation is 1. The number of methoxy groups -OCH3 is 2. The lowest BCUT2D eigenvalue weighted by atomic mass is 10.1. The van der Waals surface area contributed by atoms with Crippen LogP contribution in [-0.4, -0.2) is 62.0 Å². The largest absolute Gasteiger partial charge is 0.497 e. The van der Waals surface area contributed by atoms with Crippen molar-refractivity contribution >= 4 is 11.8 Å². The van der Waals surface area contributed by atoms with Crippen LogP contribution in [0.1, 0.15) is 28.4 Å². The van der Waals surface area contributed by atoms with Crippen LogP contribution in [-0.2, 0) is 17.6 Å². The Morgan fingerprint density at radius 1 is 0.897 bits per heavy atom. The first kappa shape index (κ1) is 20.7. The molecule has 0 radical (unpaired) electrons. The van der Waals surface area contributed by atoms with Gasteiger partial charge in [-0.3, -0.25) is 9.59 Å². The summed E-state index contributed by atoms with van der Waals surface area (Å²) in [5, 5.41) is 0. The molecule has 0 bridgehead atoms. The van der Waals surface area contributed by atoms with Gasteiger partial charge in [-0.05, 0) is 42.3 Å². The van der Waals surface area contributed by atoms with Gasteiger partial charge < -0.3 is 19.3 Å². The van der Waals surface area contributed by atoms with E-state index in [2.05, 4.69) is 6.92 Å². The Labute approximate surface area is 172 Å². The third-order valence-electron chi connectivity index (χ3n) is 5.36. The third-order valence-corrected chi connectivity index (χ3v) is 5.36. The molecule has 6 heteroatoms. The van der Waals surface area contributed by atoms with E-state index in [1.807, 2.05) is 52.3 Å². The van der Waals surface area contributed by atoms with Gasteiger partial charge in [-0.25, -0.2) is 0 Å². The van der Waals surface area contributed by atoms with Crippen molar-refractivity contribution in [1.82, 2.24) is 9.80 Å². The second-order valence-electron chi connectivity index (χ2n) is 7.08. The first-order chi connectivity index (χ1) is 14.0. The predicted octanol–water partition coefficient (Wildman–Crippen LogP) is 2.79. The van der Waals surface area contributed by atoms with Crippen LogP contribution in [0.5, 0.6) is 11.5 Å². The molecule has 2 aromatic rings. The summed E-state index contributed by atoms with van der Waals surface area (Å²) in [5.74, 6) is 1.41. The maximum absolute atomic E-state index is 12.8. The Hall–Kier alpha value is -3.02. The van der Waals surface area contributed by atoms with Crippen molar-refractivity contribution in [2.24, 2.45) is 0 Å². The molecule has 0 aromatic heterocycles. The molecule has 1 saturated heterocycles. The Morgan fingerprint density at radius 2 is 1.55 bits per heavy atom. The minimum absolute atomic E-state index is 0.0224. The maximum atomic E-state index is 12.8. The summed E-state index contributed by atoms with van der Waals surface area (Å²) < 4.78 is 10.6. The van der Waals surface area contributed by atoms with E-state index in [0.29, 0.717) is 43.2 Å². The summed E-state index contributed by atoms with van der Waals surface area (Å²) >= 11 is 0. The molecule has 0 unspecified atom stereocenters. The molecule has 0 spiro atoms. The molecule has 1 heterocycles. The van der Waals surface area contributed by atoms with Gasteiger partial charge in [0.25, 0.3) is 5.91 Å². The number of hydrogen-bond donors (Lipinski definition) is 0. The molecular weight excluding hydrogens is 368 g/mol. The standard InChI is InChI=1S/C23H28N2O4/c1-4-17-5-7-18(8-6-17)23(27)25-13-11-24(12-14-25)22(26)16-19-15-20(28-2)9-10-21(19)29-3/h5-10,15H,4,11-14,16H2,1-3H3. The smallest absolute Gasteiger partial charge is 0.253 e. The second-order valence-corrected chi connectivity index (χ2v) is 7.08. The number of amides is 2. The number of rotatable bonds is 6. The van der Waals surface area contributed by atoms with Gasteiger partial charge in [0, 0.05) is 37.3 Å². The van der Waals surface area contributed by atoms with Crippen molar-refractivity contribution < 1.29 is 19.1 Å². The summed E-state index contributed by atoms with van der Waals surface area (Å²) in [6.07, 6.45) is 1.19. The molecule has 1 fully saturated rings. The van der Waals surface area contributed by atoms with E-state index in [9.17, 15) is 9.59 Å². The van der Waals surface area contributed by atoms with Crippen LogP contribution in [0.3, 0.4) is 0 Å². The number of carbonyl (C=O) groups excluding carboxylic acids is 2. The van der Waals surface area contributed by atoms with E-state index in [1.54, 1.807) is 14.2 Å². The van der Waals surface area contributed by atoms with Gasteiger partial charge >= 0.3 is 0 Å². The van der Waals surface area contributed by atoms with E-state index >= 15 is 0 Å². The second kappa shape index (κ2) is 9.45. The summed E-state index contributed by atoms with van der Waals surface area (Å²) in [7, 11) is 3.19. The van der Waals surface area contributed by atoms with Gasteiger partial charge in [-0.1, -0.05) is 19.1 Å². The van der Waals surface area contributed by atoms with Crippen LogP contribution in [0.2, 0.25) is 0 Å². The van der Waals surface area contributed by atoms with Crippen LogP contribution >= 0.6 is 0 Å². The monoisotopic (exact) mass is 396 g/mol. The van der Waals surface area contributed by atoms with Crippen LogP contribution in [0, 0.1) is 0 Å². The van der Waals surface area contributed by atoms with Crippen molar-refractivity contribution in [3.63, 3.8) is 0 Å². The number of hydrogen-bond acceptors (Lipinski definition) is 4. The summed E-state index contributed by atoms with van der Waals surface area (Å²) in [6.45, 7) is 4.23. The molecule has 0 N–H and O–H groups in total. The zero-order valence-electron chi connectivity index (χ0n) is 17.3. The molecule has 0 saturated carbocycles. The zero-order chi connectivity index (χ0) is 20.8. The van der Waals surface area contributed by atoms with Gasteiger partial charge in [0.2, 0.25) is 5.91 Å². The number of benzene rings is 2. The highest BCUT2D eigenvalue weighted by Crippen LogP contribution is 2.25. The van der Waals surface area contributed by atoms with Crippen molar-refractivity contribution in [3.8, 4) is 11.5 Å². The van der Waals surface area contributed by atoms with Gasteiger partial charge in [-0.2, -0.15) is 0 Å².